The highest BCUT2D eigenvalue weighted by Crippen LogP contribution is 2.12. The quantitative estimate of drug-likeness (QED) is 0.824. The standard InChI is InChI=1S/C10H14ClN3O/c1-2-3-8(12)10(15)14-9-6-7(11)4-5-13-9/h4-6,8H,2-3,12H2,1H3,(H,13,14,15). The fourth-order valence-corrected chi connectivity index (χ4v) is 1.29. The second kappa shape index (κ2) is 5.68. The van der Waals surface area contributed by atoms with E-state index < -0.39 is 6.04 Å². The average molecular weight is 228 g/mol. The van der Waals surface area contributed by atoms with Gasteiger partial charge in [-0.1, -0.05) is 24.9 Å². The molecular weight excluding hydrogens is 214 g/mol. The van der Waals surface area contributed by atoms with Crippen LogP contribution in [-0.4, -0.2) is 16.9 Å². The lowest BCUT2D eigenvalue weighted by Gasteiger charge is -2.10. The minimum Gasteiger partial charge on any atom is -0.320 e. The summed E-state index contributed by atoms with van der Waals surface area (Å²) in [7, 11) is 0. The van der Waals surface area contributed by atoms with Crippen molar-refractivity contribution in [1.82, 2.24) is 4.98 Å². The molecule has 1 heterocycles. The zero-order valence-corrected chi connectivity index (χ0v) is 9.29. The Balaban J connectivity index is 2.58. The largest absolute Gasteiger partial charge is 0.320 e. The lowest BCUT2D eigenvalue weighted by atomic mass is 10.2. The molecule has 0 bridgehead atoms. The van der Waals surface area contributed by atoms with Gasteiger partial charge in [0.15, 0.2) is 0 Å². The van der Waals surface area contributed by atoms with Crippen LogP contribution in [0.4, 0.5) is 5.82 Å². The van der Waals surface area contributed by atoms with Crippen LogP contribution >= 0.6 is 11.6 Å². The van der Waals surface area contributed by atoms with Gasteiger partial charge in [0.05, 0.1) is 6.04 Å². The fraction of sp³-hybridized carbons (Fsp3) is 0.400. The van der Waals surface area contributed by atoms with Crippen molar-refractivity contribution in [3.8, 4) is 0 Å². The molecule has 1 amide bonds. The van der Waals surface area contributed by atoms with Crippen LogP contribution in [0.3, 0.4) is 0 Å². The molecule has 15 heavy (non-hydrogen) atoms. The van der Waals surface area contributed by atoms with Crippen LogP contribution in [-0.2, 0) is 4.79 Å². The van der Waals surface area contributed by atoms with Gasteiger partial charge in [0.25, 0.3) is 0 Å². The number of amides is 1. The molecule has 0 aromatic carbocycles. The van der Waals surface area contributed by atoms with E-state index in [0.29, 0.717) is 17.3 Å². The van der Waals surface area contributed by atoms with E-state index in [2.05, 4.69) is 10.3 Å². The maximum atomic E-state index is 11.5. The van der Waals surface area contributed by atoms with Gasteiger partial charge in [0.1, 0.15) is 5.82 Å². The molecule has 1 aromatic rings. The van der Waals surface area contributed by atoms with E-state index in [0.717, 1.165) is 6.42 Å². The predicted octanol–water partition coefficient (Wildman–Crippen LogP) is 1.80. The van der Waals surface area contributed by atoms with Crippen molar-refractivity contribution in [2.45, 2.75) is 25.8 Å². The summed E-state index contributed by atoms with van der Waals surface area (Å²) in [6.07, 6.45) is 3.06. The van der Waals surface area contributed by atoms with E-state index in [1.165, 1.54) is 6.20 Å². The Labute approximate surface area is 93.8 Å². The van der Waals surface area contributed by atoms with Crippen LogP contribution in [0.25, 0.3) is 0 Å². The molecule has 1 unspecified atom stereocenters. The Morgan fingerprint density at radius 2 is 2.47 bits per heavy atom. The van der Waals surface area contributed by atoms with Crippen molar-refractivity contribution in [3.05, 3.63) is 23.4 Å². The van der Waals surface area contributed by atoms with Gasteiger partial charge in [0.2, 0.25) is 5.91 Å². The van der Waals surface area contributed by atoms with Gasteiger partial charge in [-0.25, -0.2) is 4.98 Å². The van der Waals surface area contributed by atoms with Crippen molar-refractivity contribution in [3.63, 3.8) is 0 Å². The number of nitrogens with zero attached hydrogens (tertiary/aromatic N) is 1. The van der Waals surface area contributed by atoms with Gasteiger partial charge in [-0.15, -0.1) is 0 Å². The number of hydrogen-bond donors (Lipinski definition) is 2. The first-order valence-corrected chi connectivity index (χ1v) is 5.19. The van der Waals surface area contributed by atoms with Gasteiger partial charge >= 0.3 is 0 Å². The van der Waals surface area contributed by atoms with Crippen LogP contribution in [0.2, 0.25) is 5.02 Å². The fourth-order valence-electron chi connectivity index (χ4n) is 1.13. The number of carbonyl (C=O) groups excluding carboxylic acids is 1. The van der Waals surface area contributed by atoms with Gasteiger partial charge in [-0.3, -0.25) is 4.79 Å². The van der Waals surface area contributed by atoms with Crippen molar-refractivity contribution in [1.29, 1.82) is 0 Å². The summed E-state index contributed by atoms with van der Waals surface area (Å²) in [6.45, 7) is 1.98. The van der Waals surface area contributed by atoms with Gasteiger partial charge in [0, 0.05) is 11.2 Å². The molecule has 0 aliphatic carbocycles. The van der Waals surface area contributed by atoms with Gasteiger partial charge in [-0.2, -0.15) is 0 Å². The molecule has 3 N–H and O–H groups in total. The summed E-state index contributed by atoms with van der Waals surface area (Å²) in [6, 6.07) is 2.73. The van der Waals surface area contributed by atoms with E-state index in [1.54, 1.807) is 12.1 Å². The second-order valence-corrected chi connectivity index (χ2v) is 3.68. The van der Waals surface area contributed by atoms with E-state index >= 15 is 0 Å². The van der Waals surface area contributed by atoms with Gasteiger partial charge in [-0.05, 0) is 18.6 Å². The molecule has 5 heteroatoms. The Hall–Kier alpha value is -1.13. The minimum absolute atomic E-state index is 0.230. The summed E-state index contributed by atoms with van der Waals surface area (Å²) in [4.78, 5) is 15.4. The van der Waals surface area contributed by atoms with Crippen molar-refractivity contribution >= 4 is 23.3 Å². The van der Waals surface area contributed by atoms with Crippen molar-refractivity contribution in [2.24, 2.45) is 5.73 Å². The third-order valence-corrected chi connectivity index (χ3v) is 2.14. The van der Waals surface area contributed by atoms with Crippen molar-refractivity contribution < 1.29 is 4.79 Å². The molecule has 1 rings (SSSR count). The average Bonchev–Trinajstić information content (AvgIpc) is 2.18. The predicted molar refractivity (Wildman–Crippen MR) is 60.8 cm³/mol. The maximum absolute atomic E-state index is 11.5. The number of halogens is 1. The third kappa shape index (κ3) is 3.85. The molecule has 0 spiro atoms. The number of anilines is 1. The minimum atomic E-state index is -0.490. The number of rotatable bonds is 4. The SMILES string of the molecule is CCCC(N)C(=O)Nc1cc(Cl)ccn1. The molecule has 0 radical (unpaired) electrons. The molecule has 0 aliphatic heterocycles. The number of pyridine rings is 1. The first-order valence-electron chi connectivity index (χ1n) is 4.81. The third-order valence-electron chi connectivity index (χ3n) is 1.91. The summed E-state index contributed by atoms with van der Waals surface area (Å²) in [5, 5.41) is 3.14. The summed E-state index contributed by atoms with van der Waals surface area (Å²) < 4.78 is 0. The first kappa shape index (κ1) is 11.9. The molecular formula is C10H14ClN3O. The summed E-state index contributed by atoms with van der Waals surface area (Å²) in [5.74, 6) is 0.200. The maximum Gasteiger partial charge on any atom is 0.242 e. The van der Waals surface area contributed by atoms with Gasteiger partial charge < -0.3 is 11.1 Å². The molecule has 0 saturated carbocycles. The topological polar surface area (TPSA) is 68.0 Å². The Morgan fingerprint density at radius 1 is 1.73 bits per heavy atom. The number of aromatic nitrogens is 1. The number of hydrogen-bond acceptors (Lipinski definition) is 3. The Kier molecular flexibility index (Phi) is 4.52. The van der Waals surface area contributed by atoms with Crippen LogP contribution < -0.4 is 11.1 Å². The zero-order chi connectivity index (χ0) is 11.3. The van der Waals surface area contributed by atoms with Crippen LogP contribution in [0.5, 0.6) is 0 Å². The Morgan fingerprint density at radius 3 is 3.07 bits per heavy atom. The van der Waals surface area contributed by atoms with E-state index in [-0.39, 0.29) is 5.91 Å². The molecule has 4 nitrogen and oxygen atoms in total. The summed E-state index contributed by atoms with van der Waals surface area (Å²) in [5.41, 5.74) is 5.64. The molecule has 82 valence electrons. The highest BCUT2D eigenvalue weighted by atomic mass is 35.5. The molecule has 1 aromatic heterocycles. The number of carbonyl (C=O) groups is 1. The molecule has 0 aliphatic rings. The molecule has 1 atom stereocenters. The Bertz CT molecular complexity index is 343. The highest BCUT2D eigenvalue weighted by Gasteiger charge is 2.12. The van der Waals surface area contributed by atoms with E-state index in [1.807, 2.05) is 6.92 Å². The lowest BCUT2D eigenvalue weighted by Crippen LogP contribution is -2.35. The number of nitrogens with two attached hydrogens (primary N) is 1. The van der Waals surface area contributed by atoms with E-state index in [9.17, 15) is 4.79 Å². The zero-order valence-electron chi connectivity index (χ0n) is 8.53. The van der Waals surface area contributed by atoms with Crippen LogP contribution in [0.1, 0.15) is 19.8 Å². The van der Waals surface area contributed by atoms with E-state index in [4.69, 9.17) is 17.3 Å². The van der Waals surface area contributed by atoms with Crippen molar-refractivity contribution in [2.75, 3.05) is 5.32 Å². The monoisotopic (exact) mass is 227 g/mol. The highest BCUT2D eigenvalue weighted by molar-refractivity contribution is 6.30. The smallest absolute Gasteiger partial charge is 0.242 e. The van der Waals surface area contributed by atoms with Crippen LogP contribution in [0, 0.1) is 0 Å². The van der Waals surface area contributed by atoms with Crippen LogP contribution in [0.15, 0.2) is 18.3 Å². The normalized spacial score (nSPS) is 12.2. The first-order chi connectivity index (χ1) is 7.13. The second-order valence-electron chi connectivity index (χ2n) is 3.24. The number of nitrogens with one attached hydrogen (secondary N) is 1. The summed E-state index contributed by atoms with van der Waals surface area (Å²) >= 11 is 5.75. The molecule has 0 fully saturated rings. The lowest BCUT2D eigenvalue weighted by molar-refractivity contribution is -0.117. The molecule has 0 saturated heterocycles.